The summed E-state index contributed by atoms with van der Waals surface area (Å²) in [7, 11) is 0. The van der Waals surface area contributed by atoms with E-state index in [2.05, 4.69) is 33.2 Å². The lowest BCUT2D eigenvalue weighted by molar-refractivity contribution is -0.142. The van der Waals surface area contributed by atoms with Crippen LogP contribution in [-0.4, -0.2) is 83.7 Å². The minimum atomic E-state index is -1.20. The van der Waals surface area contributed by atoms with Crippen LogP contribution in [0, 0.1) is 5.92 Å². The Balaban J connectivity index is 1.98. The molecular weight excluding hydrogens is 598 g/mol. The van der Waals surface area contributed by atoms with Crippen LogP contribution in [0.15, 0.2) is 67.3 Å². The molecule has 3 atom stereocenters. The molecule has 7 N–H and O–H groups in total. The van der Waals surface area contributed by atoms with Gasteiger partial charge in [0, 0.05) is 12.8 Å². The standard InChI is InChI=1S/C32H41N5O9/c1-4-14-46-32(45)37-24(17-22-10-12-23(38)13-11-22)29(41)34-18-27(39)33-19-28(40)35-25(16-21-8-6-5-7-9-21)30(42)36-26(31(43)44)15-20(2)3/h4-13,20,24-26,38H,1,14-19H2,2-3H3,(H,33,39)(H,34,41)(H,35,40)(H,36,42)(H,37,45)(H,43,44). The summed E-state index contributed by atoms with van der Waals surface area (Å²) in [6.07, 6.45) is 0.750. The summed E-state index contributed by atoms with van der Waals surface area (Å²) in [5.41, 5.74) is 1.32. The van der Waals surface area contributed by atoms with Crippen LogP contribution in [-0.2, 0) is 41.6 Å². The van der Waals surface area contributed by atoms with Crippen LogP contribution in [0.4, 0.5) is 4.79 Å². The molecule has 0 radical (unpaired) electrons. The van der Waals surface area contributed by atoms with Crippen LogP contribution in [0.5, 0.6) is 5.75 Å². The maximum Gasteiger partial charge on any atom is 0.408 e. The molecule has 0 fully saturated rings. The van der Waals surface area contributed by atoms with Gasteiger partial charge in [-0.1, -0.05) is 69.0 Å². The topological polar surface area (TPSA) is 212 Å². The Bertz CT molecular complexity index is 1350. The predicted octanol–water partition coefficient (Wildman–Crippen LogP) is 0.791. The molecule has 0 heterocycles. The maximum atomic E-state index is 13.1. The monoisotopic (exact) mass is 639 g/mol. The van der Waals surface area contributed by atoms with Gasteiger partial charge in [-0.15, -0.1) is 0 Å². The molecule has 14 nitrogen and oxygen atoms in total. The maximum absolute atomic E-state index is 13.1. The number of aliphatic carboxylic acids is 1. The first-order chi connectivity index (χ1) is 21.9. The first-order valence-corrected chi connectivity index (χ1v) is 14.6. The van der Waals surface area contributed by atoms with Gasteiger partial charge in [0.25, 0.3) is 0 Å². The summed E-state index contributed by atoms with van der Waals surface area (Å²) in [6, 6.07) is 11.4. The highest BCUT2D eigenvalue weighted by Crippen LogP contribution is 2.12. The number of carbonyl (C=O) groups excluding carboxylic acids is 5. The summed E-state index contributed by atoms with van der Waals surface area (Å²) in [5, 5.41) is 31.2. The Kier molecular flexibility index (Phi) is 15.3. The smallest absolute Gasteiger partial charge is 0.408 e. The SMILES string of the molecule is C=CCOC(=O)NC(Cc1ccc(O)cc1)C(=O)NCC(=O)NCC(=O)NC(Cc1ccccc1)C(=O)NC(CC(C)C)C(=O)O. The minimum absolute atomic E-state index is 0.00998. The molecule has 0 spiro atoms. The van der Waals surface area contributed by atoms with Gasteiger partial charge in [0.05, 0.1) is 13.1 Å². The van der Waals surface area contributed by atoms with Crippen molar-refractivity contribution in [1.29, 1.82) is 0 Å². The number of nitrogens with one attached hydrogen (secondary N) is 5. The number of phenolic OH excluding ortho intramolecular Hbond substituents is 1. The number of phenols is 1. The Morgan fingerprint density at radius 1 is 0.761 bits per heavy atom. The highest BCUT2D eigenvalue weighted by atomic mass is 16.5. The molecule has 0 bridgehead atoms. The van der Waals surface area contributed by atoms with Gasteiger partial charge in [-0.25, -0.2) is 9.59 Å². The minimum Gasteiger partial charge on any atom is -0.508 e. The zero-order valence-electron chi connectivity index (χ0n) is 25.8. The van der Waals surface area contributed by atoms with E-state index in [-0.39, 0.29) is 37.5 Å². The number of alkyl carbamates (subject to hydrolysis) is 1. The lowest BCUT2D eigenvalue weighted by Gasteiger charge is -2.22. The molecular formula is C32H41N5O9. The van der Waals surface area contributed by atoms with Crippen molar-refractivity contribution in [2.45, 2.75) is 51.2 Å². The second-order valence-electron chi connectivity index (χ2n) is 10.8. The van der Waals surface area contributed by atoms with E-state index in [1.165, 1.54) is 18.2 Å². The van der Waals surface area contributed by atoms with Crippen molar-refractivity contribution in [1.82, 2.24) is 26.6 Å². The second-order valence-corrected chi connectivity index (χ2v) is 10.8. The number of hydrogen-bond acceptors (Lipinski definition) is 8. The normalized spacial score (nSPS) is 12.5. The number of carbonyl (C=O) groups is 6. The molecule has 0 saturated carbocycles. The van der Waals surface area contributed by atoms with Crippen molar-refractivity contribution in [2.24, 2.45) is 5.92 Å². The van der Waals surface area contributed by atoms with E-state index in [4.69, 9.17) is 4.74 Å². The fourth-order valence-corrected chi connectivity index (χ4v) is 4.20. The molecule has 46 heavy (non-hydrogen) atoms. The molecule has 2 aromatic carbocycles. The number of hydrogen-bond donors (Lipinski definition) is 7. The van der Waals surface area contributed by atoms with E-state index in [1.807, 2.05) is 13.8 Å². The van der Waals surface area contributed by atoms with Crippen LogP contribution >= 0.6 is 0 Å². The molecule has 2 rings (SSSR count). The lowest BCUT2D eigenvalue weighted by atomic mass is 10.0. The molecule has 2 aromatic rings. The van der Waals surface area contributed by atoms with Crippen molar-refractivity contribution in [3.63, 3.8) is 0 Å². The van der Waals surface area contributed by atoms with Gasteiger partial charge in [0.1, 0.15) is 30.5 Å². The van der Waals surface area contributed by atoms with Crippen LogP contribution in [0.1, 0.15) is 31.4 Å². The molecule has 0 aromatic heterocycles. The molecule has 0 saturated heterocycles. The van der Waals surface area contributed by atoms with Gasteiger partial charge >= 0.3 is 12.1 Å². The van der Waals surface area contributed by atoms with Gasteiger partial charge in [0.2, 0.25) is 23.6 Å². The van der Waals surface area contributed by atoms with Crippen molar-refractivity contribution in [3.05, 3.63) is 78.4 Å². The molecule has 5 amide bonds. The molecule has 248 valence electrons. The average molecular weight is 640 g/mol. The number of amides is 5. The third-order valence-corrected chi connectivity index (χ3v) is 6.44. The Morgan fingerprint density at radius 2 is 1.35 bits per heavy atom. The average Bonchev–Trinajstić information content (AvgIpc) is 3.01. The van der Waals surface area contributed by atoms with E-state index in [1.54, 1.807) is 42.5 Å². The van der Waals surface area contributed by atoms with Crippen molar-refractivity contribution in [2.75, 3.05) is 19.7 Å². The van der Waals surface area contributed by atoms with Crippen molar-refractivity contribution in [3.8, 4) is 5.75 Å². The predicted molar refractivity (Wildman–Crippen MR) is 167 cm³/mol. The summed E-state index contributed by atoms with van der Waals surface area (Å²) >= 11 is 0. The highest BCUT2D eigenvalue weighted by Gasteiger charge is 2.28. The summed E-state index contributed by atoms with van der Waals surface area (Å²) in [5.74, 6) is -4.04. The fraction of sp³-hybridized carbons (Fsp3) is 0.375. The first kappa shape index (κ1) is 36.8. The first-order valence-electron chi connectivity index (χ1n) is 14.6. The lowest BCUT2D eigenvalue weighted by Crippen LogP contribution is -2.54. The molecule has 0 aliphatic heterocycles. The Morgan fingerprint density at radius 3 is 1.93 bits per heavy atom. The second kappa shape index (κ2) is 19.1. The van der Waals surface area contributed by atoms with E-state index in [0.29, 0.717) is 11.1 Å². The van der Waals surface area contributed by atoms with Gasteiger partial charge < -0.3 is 41.5 Å². The number of aromatic hydroxyl groups is 1. The van der Waals surface area contributed by atoms with Crippen LogP contribution in [0.25, 0.3) is 0 Å². The van der Waals surface area contributed by atoms with E-state index < -0.39 is 66.9 Å². The number of rotatable bonds is 18. The van der Waals surface area contributed by atoms with Gasteiger partial charge in [-0.05, 0) is 35.6 Å². The number of benzene rings is 2. The van der Waals surface area contributed by atoms with E-state index in [9.17, 15) is 39.0 Å². The Hall–Kier alpha value is -5.40. The van der Waals surface area contributed by atoms with Crippen molar-refractivity contribution < 1.29 is 43.7 Å². The van der Waals surface area contributed by atoms with Gasteiger partial charge in [-0.2, -0.15) is 0 Å². The summed E-state index contributed by atoms with van der Waals surface area (Å²) in [4.78, 5) is 74.9. The zero-order valence-corrected chi connectivity index (χ0v) is 25.8. The van der Waals surface area contributed by atoms with Gasteiger partial charge in [0.15, 0.2) is 0 Å². The van der Waals surface area contributed by atoms with Crippen LogP contribution < -0.4 is 26.6 Å². The van der Waals surface area contributed by atoms with Crippen LogP contribution in [0.3, 0.4) is 0 Å². The largest absolute Gasteiger partial charge is 0.508 e. The van der Waals surface area contributed by atoms with Crippen molar-refractivity contribution >= 4 is 35.7 Å². The number of carboxylic acid groups (broad SMARTS) is 1. The molecule has 0 aliphatic carbocycles. The quantitative estimate of drug-likeness (QED) is 0.115. The van der Waals surface area contributed by atoms with E-state index >= 15 is 0 Å². The van der Waals surface area contributed by atoms with E-state index in [0.717, 1.165) is 0 Å². The van der Waals surface area contributed by atoms with Gasteiger partial charge in [-0.3, -0.25) is 19.2 Å². The molecule has 14 heteroatoms. The molecule has 0 aliphatic rings. The third kappa shape index (κ3) is 13.9. The number of carboxylic acids is 1. The van der Waals surface area contributed by atoms with Crippen LogP contribution in [0.2, 0.25) is 0 Å². The third-order valence-electron chi connectivity index (χ3n) is 6.44. The fourth-order valence-electron chi connectivity index (χ4n) is 4.20. The number of ether oxygens (including phenoxy) is 1. The Labute approximate surface area is 267 Å². The summed E-state index contributed by atoms with van der Waals surface area (Å²) in [6.45, 7) is 5.93. The zero-order chi connectivity index (χ0) is 34.1. The molecule has 3 unspecified atom stereocenters. The summed E-state index contributed by atoms with van der Waals surface area (Å²) < 4.78 is 4.89. The highest BCUT2D eigenvalue weighted by molar-refractivity contribution is 5.93.